The molecule has 0 radical (unpaired) electrons. The lowest BCUT2D eigenvalue weighted by Crippen LogP contribution is -2.56. The number of halogens is 3. The normalized spacial score (nSPS) is 18.2. The first-order valence-corrected chi connectivity index (χ1v) is 7.72. The highest BCUT2D eigenvalue weighted by Gasteiger charge is 2.33. The first kappa shape index (κ1) is 18.1. The van der Waals surface area contributed by atoms with Crippen LogP contribution in [0.25, 0.3) is 0 Å². The standard InChI is InChI=1S/C16H19F3N2O3/c1-2-12-15(23)20-9-10-21(12)14(22)8-7-11-5-3-4-6-13(11)24-16(17,18)19/h3-6,12H,2,7-10H2,1H3,(H,20,23). The number of amides is 2. The third kappa shape index (κ3) is 4.62. The molecular formula is C16H19F3N2O3. The Balaban J connectivity index is 2.03. The van der Waals surface area contributed by atoms with E-state index in [4.69, 9.17) is 0 Å². The van der Waals surface area contributed by atoms with Crippen molar-refractivity contribution in [3.8, 4) is 5.75 Å². The van der Waals surface area contributed by atoms with Crippen LogP contribution in [0.5, 0.6) is 5.75 Å². The largest absolute Gasteiger partial charge is 0.573 e. The summed E-state index contributed by atoms with van der Waals surface area (Å²) in [7, 11) is 0. The van der Waals surface area contributed by atoms with Gasteiger partial charge in [0.25, 0.3) is 0 Å². The van der Waals surface area contributed by atoms with E-state index in [1.54, 1.807) is 6.07 Å². The molecule has 0 aliphatic carbocycles. The monoisotopic (exact) mass is 344 g/mol. The maximum Gasteiger partial charge on any atom is 0.573 e. The highest BCUT2D eigenvalue weighted by Crippen LogP contribution is 2.27. The van der Waals surface area contributed by atoms with Gasteiger partial charge in [0.1, 0.15) is 11.8 Å². The Hall–Kier alpha value is -2.25. The number of alkyl halides is 3. The van der Waals surface area contributed by atoms with Crippen molar-refractivity contribution in [2.45, 2.75) is 38.6 Å². The zero-order chi connectivity index (χ0) is 17.7. The number of aryl methyl sites for hydroxylation is 1. The molecular weight excluding hydrogens is 325 g/mol. The number of nitrogens with one attached hydrogen (secondary N) is 1. The minimum atomic E-state index is -4.78. The quantitative estimate of drug-likeness (QED) is 0.891. The van der Waals surface area contributed by atoms with Gasteiger partial charge in [0.15, 0.2) is 0 Å². The molecule has 1 saturated heterocycles. The van der Waals surface area contributed by atoms with Crippen LogP contribution in [-0.4, -0.2) is 42.2 Å². The van der Waals surface area contributed by atoms with E-state index in [1.807, 2.05) is 6.92 Å². The van der Waals surface area contributed by atoms with E-state index >= 15 is 0 Å². The zero-order valence-electron chi connectivity index (χ0n) is 13.2. The molecule has 0 bridgehead atoms. The third-order valence-corrected chi connectivity index (χ3v) is 3.84. The van der Waals surface area contributed by atoms with Crippen LogP contribution in [0.15, 0.2) is 24.3 Å². The molecule has 1 heterocycles. The van der Waals surface area contributed by atoms with Gasteiger partial charge >= 0.3 is 6.36 Å². The number of hydrogen-bond donors (Lipinski definition) is 1. The Morgan fingerprint density at radius 2 is 2.08 bits per heavy atom. The van der Waals surface area contributed by atoms with Crippen LogP contribution in [0.2, 0.25) is 0 Å². The van der Waals surface area contributed by atoms with Gasteiger partial charge in [-0.25, -0.2) is 0 Å². The molecule has 132 valence electrons. The summed E-state index contributed by atoms with van der Waals surface area (Å²) in [5.74, 6) is -0.752. The lowest BCUT2D eigenvalue weighted by Gasteiger charge is -2.34. The molecule has 1 aromatic carbocycles. The first-order chi connectivity index (χ1) is 11.3. The summed E-state index contributed by atoms with van der Waals surface area (Å²) in [6.07, 6.45) is -4.16. The van der Waals surface area contributed by atoms with Gasteiger partial charge in [0.05, 0.1) is 0 Å². The van der Waals surface area contributed by atoms with E-state index in [1.165, 1.54) is 23.1 Å². The fraction of sp³-hybridized carbons (Fsp3) is 0.500. The molecule has 1 N–H and O–H groups in total. The summed E-state index contributed by atoms with van der Waals surface area (Å²) >= 11 is 0. The fourth-order valence-electron chi connectivity index (χ4n) is 2.74. The third-order valence-electron chi connectivity index (χ3n) is 3.84. The van der Waals surface area contributed by atoms with E-state index < -0.39 is 12.4 Å². The number of nitrogens with zero attached hydrogens (tertiary/aromatic N) is 1. The van der Waals surface area contributed by atoms with Gasteiger partial charge in [0.2, 0.25) is 11.8 Å². The van der Waals surface area contributed by atoms with Gasteiger partial charge < -0.3 is 15.0 Å². The van der Waals surface area contributed by atoms with Gasteiger partial charge in [-0.1, -0.05) is 25.1 Å². The Labute approximate surface area is 137 Å². The van der Waals surface area contributed by atoms with E-state index in [-0.39, 0.29) is 30.4 Å². The summed E-state index contributed by atoms with van der Waals surface area (Å²) in [6, 6.07) is 5.22. The molecule has 1 atom stereocenters. The zero-order valence-corrected chi connectivity index (χ0v) is 13.2. The van der Waals surface area contributed by atoms with Crippen LogP contribution in [0.1, 0.15) is 25.3 Å². The molecule has 2 rings (SSSR count). The number of piperazine rings is 1. The lowest BCUT2D eigenvalue weighted by atomic mass is 10.1. The predicted octanol–water partition coefficient (Wildman–Crippen LogP) is 2.25. The second kappa shape index (κ2) is 7.55. The number of carbonyl (C=O) groups excluding carboxylic acids is 2. The van der Waals surface area contributed by atoms with E-state index in [9.17, 15) is 22.8 Å². The van der Waals surface area contributed by atoms with Crippen LogP contribution < -0.4 is 10.1 Å². The minimum absolute atomic E-state index is 0.0159. The maximum absolute atomic E-state index is 12.4. The number of hydrogen-bond acceptors (Lipinski definition) is 3. The fourth-order valence-corrected chi connectivity index (χ4v) is 2.74. The lowest BCUT2D eigenvalue weighted by molar-refractivity contribution is -0.274. The Morgan fingerprint density at radius 3 is 2.75 bits per heavy atom. The Morgan fingerprint density at radius 1 is 1.38 bits per heavy atom. The topological polar surface area (TPSA) is 58.6 Å². The molecule has 0 spiro atoms. The van der Waals surface area contributed by atoms with Crippen molar-refractivity contribution in [1.29, 1.82) is 0 Å². The maximum atomic E-state index is 12.4. The van der Waals surface area contributed by atoms with E-state index in [2.05, 4.69) is 10.1 Å². The average Bonchev–Trinajstić information content (AvgIpc) is 2.52. The van der Waals surface area contributed by atoms with Crippen molar-refractivity contribution in [2.24, 2.45) is 0 Å². The summed E-state index contributed by atoms with van der Waals surface area (Å²) < 4.78 is 41.2. The van der Waals surface area contributed by atoms with Crippen molar-refractivity contribution < 1.29 is 27.5 Å². The second-order valence-corrected chi connectivity index (χ2v) is 5.46. The van der Waals surface area contributed by atoms with Gasteiger partial charge in [-0.15, -0.1) is 13.2 Å². The SMILES string of the molecule is CCC1C(=O)NCCN1C(=O)CCc1ccccc1OC(F)(F)F. The number of benzene rings is 1. The highest BCUT2D eigenvalue weighted by molar-refractivity contribution is 5.88. The van der Waals surface area contributed by atoms with Gasteiger partial charge in [-0.3, -0.25) is 9.59 Å². The summed E-state index contributed by atoms with van der Waals surface area (Å²) in [5, 5.41) is 2.70. The van der Waals surface area contributed by atoms with Crippen LogP contribution in [0, 0.1) is 0 Å². The molecule has 1 aliphatic heterocycles. The Bertz CT molecular complexity index is 604. The molecule has 8 heteroatoms. The molecule has 5 nitrogen and oxygen atoms in total. The number of rotatable bonds is 5. The van der Waals surface area contributed by atoms with Crippen molar-refractivity contribution in [3.63, 3.8) is 0 Å². The first-order valence-electron chi connectivity index (χ1n) is 7.72. The van der Waals surface area contributed by atoms with Gasteiger partial charge in [-0.05, 0) is 24.5 Å². The minimum Gasteiger partial charge on any atom is -0.406 e. The van der Waals surface area contributed by atoms with E-state index in [0.29, 0.717) is 25.1 Å². The van der Waals surface area contributed by atoms with Gasteiger partial charge in [-0.2, -0.15) is 0 Å². The van der Waals surface area contributed by atoms with Crippen LogP contribution in [-0.2, 0) is 16.0 Å². The molecule has 0 saturated carbocycles. The number of carbonyl (C=O) groups is 2. The smallest absolute Gasteiger partial charge is 0.406 e. The highest BCUT2D eigenvalue weighted by atomic mass is 19.4. The molecule has 1 aromatic rings. The summed E-state index contributed by atoms with van der Waals surface area (Å²) in [6.45, 7) is 2.60. The molecule has 0 aromatic heterocycles. The number of para-hydroxylation sites is 1. The number of ether oxygens (including phenoxy) is 1. The van der Waals surface area contributed by atoms with E-state index in [0.717, 1.165) is 0 Å². The molecule has 1 aliphatic rings. The van der Waals surface area contributed by atoms with Crippen LogP contribution >= 0.6 is 0 Å². The van der Waals surface area contributed by atoms with Crippen molar-refractivity contribution >= 4 is 11.8 Å². The average molecular weight is 344 g/mol. The van der Waals surface area contributed by atoms with Crippen molar-refractivity contribution in [2.75, 3.05) is 13.1 Å². The van der Waals surface area contributed by atoms with Gasteiger partial charge in [0, 0.05) is 19.5 Å². The predicted molar refractivity (Wildman–Crippen MR) is 80.2 cm³/mol. The molecule has 1 unspecified atom stereocenters. The molecule has 24 heavy (non-hydrogen) atoms. The Kier molecular flexibility index (Phi) is 5.69. The summed E-state index contributed by atoms with van der Waals surface area (Å²) in [5.41, 5.74) is 0.303. The summed E-state index contributed by atoms with van der Waals surface area (Å²) in [4.78, 5) is 25.6. The molecule has 2 amide bonds. The van der Waals surface area contributed by atoms with Crippen LogP contribution in [0.4, 0.5) is 13.2 Å². The van der Waals surface area contributed by atoms with Crippen LogP contribution in [0.3, 0.4) is 0 Å². The molecule has 1 fully saturated rings. The van der Waals surface area contributed by atoms with Crippen molar-refractivity contribution in [3.05, 3.63) is 29.8 Å². The van der Waals surface area contributed by atoms with Crippen molar-refractivity contribution in [1.82, 2.24) is 10.2 Å². The second-order valence-electron chi connectivity index (χ2n) is 5.46.